The van der Waals surface area contributed by atoms with Crippen molar-refractivity contribution in [3.05, 3.63) is 23.9 Å². The zero-order valence-corrected chi connectivity index (χ0v) is 9.56. The topological polar surface area (TPSA) is 72.5 Å². The number of anilines is 1. The van der Waals surface area contributed by atoms with E-state index in [0.29, 0.717) is 11.6 Å². The van der Waals surface area contributed by atoms with Gasteiger partial charge in [0.1, 0.15) is 5.82 Å². The summed E-state index contributed by atoms with van der Waals surface area (Å²) < 4.78 is 0. The number of hydrogen-bond acceptors (Lipinski definition) is 4. The van der Waals surface area contributed by atoms with Gasteiger partial charge in [0, 0.05) is 18.2 Å². The number of nitriles is 2. The predicted octanol–water partition coefficient (Wildman–Crippen LogP) is 2.09. The van der Waals surface area contributed by atoms with Crippen LogP contribution < -0.4 is 5.32 Å². The number of pyridine rings is 1. The first-order valence-corrected chi connectivity index (χ1v) is 5.84. The van der Waals surface area contributed by atoms with E-state index in [1.807, 2.05) is 0 Å². The number of rotatable bonds is 2. The van der Waals surface area contributed by atoms with Crippen molar-refractivity contribution in [2.45, 2.75) is 31.5 Å². The molecule has 1 N–H and O–H groups in total. The van der Waals surface area contributed by atoms with Crippen LogP contribution in [0.1, 0.15) is 18.4 Å². The molecule has 84 valence electrons. The first-order chi connectivity index (χ1) is 8.31. The molecule has 0 aliphatic carbocycles. The molecule has 0 saturated carbocycles. The minimum absolute atomic E-state index is 0.214. The van der Waals surface area contributed by atoms with Crippen molar-refractivity contribution in [3.63, 3.8) is 0 Å². The van der Waals surface area contributed by atoms with Gasteiger partial charge in [-0.2, -0.15) is 5.26 Å². The third kappa shape index (κ3) is 2.98. The van der Waals surface area contributed by atoms with Crippen LogP contribution in [0.4, 0.5) is 5.82 Å². The minimum Gasteiger partial charge on any atom is -0.367 e. The Morgan fingerprint density at radius 1 is 1.35 bits per heavy atom. The molecule has 0 amide bonds. The Morgan fingerprint density at radius 3 is 2.76 bits per heavy atom. The molecule has 0 radical (unpaired) electrons. The Labute approximate surface area is 101 Å². The maximum atomic E-state index is 8.82. The van der Waals surface area contributed by atoms with Crippen LogP contribution in [0.15, 0.2) is 18.3 Å². The van der Waals surface area contributed by atoms with Crippen molar-refractivity contribution in [1.82, 2.24) is 4.98 Å². The van der Waals surface area contributed by atoms with Gasteiger partial charge in [-0.3, -0.25) is 0 Å². The molecule has 4 nitrogen and oxygen atoms in total. The van der Waals surface area contributed by atoms with Crippen molar-refractivity contribution in [2.75, 3.05) is 5.32 Å². The highest BCUT2D eigenvalue weighted by atomic mass is 15.0. The largest absolute Gasteiger partial charge is 0.367 e. The molecule has 1 fully saturated rings. The molecular weight excluding hydrogens is 211 g/mol. The molecule has 1 aromatic rings. The monoisotopic (exact) mass is 224 g/mol. The molecule has 2 rings (SSSR count). The van der Waals surface area contributed by atoms with Crippen LogP contribution in [-0.2, 0) is 0 Å². The van der Waals surface area contributed by atoms with Crippen molar-refractivity contribution in [3.8, 4) is 12.0 Å². The molecule has 5 heteroatoms. The van der Waals surface area contributed by atoms with E-state index in [4.69, 9.17) is 10.5 Å². The summed E-state index contributed by atoms with van der Waals surface area (Å²) in [7, 11) is 0. The average molecular weight is 224 g/mol. The summed E-state index contributed by atoms with van der Waals surface area (Å²) in [5, 5.41) is 20.9. The van der Waals surface area contributed by atoms with E-state index < -0.39 is 0 Å². The molecule has 0 atom stereocenters. The third-order valence-electron chi connectivity index (χ3n) is 3.15. The van der Waals surface area contributed by atoms with Crippen LogP contribution in [0.3, 0.4) is 0 Å². The lowest BCUT2D eigenvalue weighted by Crippen LogP contribution is -2.29. The van der Waals surface area contributed by atoms with Gasteiger partial charge in [0.25, 0.3) is 6.71 Å². The minimum atomic E-state index is 0.214. The molecule has 1 aromatic heterocycles. The summed E-state index contributed by atoms with van der Waals surface area (Å²) >= 11 is 0. The average Bonchev–Trinajstić information content (AvgIpc) is 2.40. The van der Waals surface area contributed by atoms with Gasteiger partial charge < -0.3 is 5.32 Å². The second-order valence-corrected chi connectivity index (χ2v) is 4.36. The molecule has 0 spiro atoms. The SMILES string of the molecule is N#CB1CCC(Nc2cc(C#N)ccn2)CC1. The van der Waals surface area contributed by atoms with Gasteiger partial charge in [0.15, 0.2) is 0 Å². The van der Waals surface area contributed by atoms with E-state index in [2.05, 4.69) is 22.3 Å². The van der Waals surface area contributed by atoms with E-state index in [1.165, 1.54) is 0 Å². The first kappa shape index (κ1) is 11.5. The van der Waals surface area contributed by atoms with Crippen molar-refractivity contribution in [2.24, 2.45) is 0 Å². The van der Waals surface area contributed by atoms with E-state index in [9.17, 15) is 0 Å². The second kappa shape index (κ2) is 5.36. The fourth-order valence-corrected chi connectivity index (χ4v) is 2.16. The van der Waals surface area contributed by atoms with Crippen LogP contribution in [-0.4, -0.2) is 17.7 Å². The molecular formula is C12H13BN4. The van der Waals surface area contributed by atoms with Gasteiger partial charge in [-0.05, 0) is 25.0 Å². The highest BCUT2D eigenvalue weighted by Gasteiger charge is 2.24. The van der Waals surface area contributed by atoms with Gasteiger partial charge in [-0.15, -0.1) is 0 Å². The normalized spacial score (nSPS) is 16.0. The molecule has 2 heterocycles. The number of aromatic nitrogens is 1. The van der Waals surface area contributed by atoms with Gasteiger partial charge in [0.05, 0.1) is 11.6 Å². The first-order valence-electron chi connectivity index (χ1n) is 5.84. The lowest BCUT2D eigenvalue weighted by molar-refractivity contribution is 0.637. The van der Waals surface area contributed by atoms with E-state index in [1.54, 1.807) is 18.3 Å². The predicted molar refractivity (Wildman–Crippen MR) is 66.6 cm³/mol. The fourth-order valence-electron chi connectivity index (χ4n) is 2.16. The van der Waals surface area contributed by atoms with E-state index >= 15 is 0 Å². The maximum Gasteiger partial charge on any atom is 0.268 e. The summed E-state index contributed by atoms with van der Waals surface area (Å²) in [5.74, 6) is 3.07. The third-order valence-corrected chi connectivity index (χ3v) is 3.15. The molecule has 0 aromatic carbocycles. The Balaban J connectivity index is 1.94. The Hall–Kier alpha value is -2.01. The molecule has 0 bridgehead atoms. The molecule has 1 aliphatic rings. The summed E-state index contributed by atoms with van der Waals surface area (Å²) in [6.07, 6.45) is 5.54. The fraction of sp³-hybridized carbons (Fsp3) is 0.417. The quantitative estimate of drug-likeness (QED) is 0.780. The van der Waals surface area contributed by atoms with Gasteiger partial charge in [-0.1, -0.05) is 12.6 Å². The summed E-state index contributed by atoms with van der Waals surface area (Å²) in [6, 6.07) is 5.93. The zero-order valence-electron chi connectivity index (χ0n) is 9.56. The standard InChI is InChI=1S/C12H13BN4/c14-8-10-3-6-16-12(7-10)17-11-1-4-13(9-15)5-2-11/h3,6-7,11H,1-2,4-5H2,(H,16,17). The summed E-state index contributed by atoms with van der Waals surface area (Å²) in [5.41, 5.74) is 0.619. The Kier molecular flexibility index (Phi) is 3.62. The maximum absolute atomic E-state index is 8.82. The van der Waals surface area contributed by atoms with Crippen LogP contribution in [0.25, 0.3) is 0 Å². The molecule has 17 heavy (non-hydrogen) atoms. The Bertz CT molecular complexity index is 466. The number of nitrogens with zero attached hydrogens (tertiary/aromatic N) is 3. The summed E-state index contributed by atoms with van der Waals surface area (Å²) in [4.78, 5) is 4.19. The molecule has 1 aliphatic heterocycles. The molecule has 1 saturated heterocycles. The van der Waals surface area contributed by atoms with Crippen molar-refractivity contribution >= 4 is 12.5 Å². The zero-order chi connectivity index (χ0) is 12.1. The number of hydrogen-bond donors (Lipinski definition) is 1. The second-order valence-electron chi connectivity index (χ2n) is 4.36. The van der Waals surface area contributed by atoms with Crippen LogP contribution in [0.5, 0.6) is 0 Å². The van der Waals surface area contributed by atoms with Gasteiger partial charge in [0.2, 0.25) is 0 Å². The van der Waals surface area contributed by atoms with Crippen LogP contribution in [0.2, 0.25) is 12.6 Å². The van der Waals surface area contributed by atoms with Crippen molar-refractivity contribution < 1.29 is 0 Å². The van der Waals surface area contributed by atoms with Crippen molar-refractivity contribution in [1.29, 1.82) is 10.5 Å². The Morgan fingerprint density at radius 2 is 2.12 bits per heavy atom. The van der Waals surface area contributed by atoms with E-state index in [-0.39, 0.29) is 6.71 Å². The highest BCUT2D eigenvalue weighted by molar-refractivity contribution is 6.67. The van der Waals surface area contributed by atoms with Crippen LogP contribution in [0, 0.1) is 22.6 Å². The van der Waals surface area contributed by atoms with Crippen LogP contribution >= 0.6 is 0 Å². The van der Waals surface area contributed by atoms with E-state index in [0.717, 1.165) is 31.3 Å². The summed E-state index contributed by atoms with van der Waals surface area (Å²) in [6.45, 7) is 0.214. The molecule has 0 unspecified atom stereocenters. The lowest BCUT2D eigenvalue weighted by atomic mass is 9.42. The smallest absolute Gasteiger partial charge is 0.268 e. The van der Waals surface area contributed by atoms with Gasteiger partial charge in [-0.25, -0.2) is 10.2 Å². The van der Waals surface area contributed by atoms with Gasteiger partial charge >= 0.3 is 0 Å². The lowest BCUT2D eigenvalue weighted by Gasteiger charge is -2.24. The highest BCUT2D eigenvalue weighted by Crippen LogP contribution is 2.22. The number of nitrogens with one attached hydrogen (secondary N) is 1.